The second-order valence-corrected chi connectivity index (χ2v) is 5.65. The van der Waals surface area contributed by atoms with Gasteiger partial charge in [-0.1, -0.05) is 18.5 Å². The highest BCUT2D eigenvalue weighted by molar-refractivity contribution is 14.1. The van der Waals surface area contributed by atoms with Crippen LogP contribution in [0.4, 0.5) is 5.69 Å². The molecule has 0 radical (unpaired) electrons. The third-order valence-electron chi connectivity index (χ3n) is 2.65. The van der Waals surface area contributed by atoms with E-state index in [2.05, 4.69) is 44.4 Å². The molecule has 1 N–H and O–H groups in total. The molecule has 0 atom stereocenters. The molecule has 1 heterocycles. The molecule has 0 fully saturated rings. The summed E-state index contributed by atoms with van der Waals surface area (Å²) in [7, 11) is 0. The first kappa shape index (κ1) is 13.7. The molecule has 2 aromatic rings. The molecule has 5 heteroatoms. The van der Waals surface area contributed by atoms with Crippen molar-refractivity contribution in [1.82, 2.24) is 9.55 Å². The average Bonchev–Trinajstić information content (AvgIpc) is 2.76. The van der Waals surface area contributed by atoms with E-state index in [1.165, 1.54) is 5.69 Å². The highest BCUT2D eigenvalue weighted by Crippen LogP contribution is 2.22. The van der Waals surface area contributed by atoms with Crippen LogP contribution in [0.3, 0.4) is 0 Å². The molecule has 0 spiro atoms. The number of nitrogens with zero attached hydrogens (tertiary/aromatic N) is 2. The third kappa shape index (κ3) is 3.38. The minimum absolute atomic E-state index is 0.765. The van der Waals surface area contributed by atoms with E-state index >= 15 is 0 Å². The number of hydrogen-bond acceptors (Lipinski definition) is 2. The molecular weight excluding hydrogens is 361 g/mol. The quantitative estimate of drug-likeness (QED) is 0.795. The molecule has 0 saturated heterocycles. The van der Waals surface area contributed by atoms with Gasteiger partial charge in [-0.2, -0.15) is 0 Å². The monoisotopic (exact) mass is 375 g/mol. The van der Waals surface area contributed by atoms with Gasteiger partial charge < -0.3 is 9.88 Å². The van der Waals surface area contributed by atoms with E-state index in [1.807, 2.05) is 30.7 Å². The maximum absolute atomic E-state index is 5.94. The second-order valence-electron chi connectivity index (χ2n) is 4.06. The van der Waals surface area contributed by atoms with Gasteiger partial charge in [0.2, 0.25) is 0 Å². The molecular formula is C13H15ClIN3. The molecule has 0 amide bonds. The number of rotatable bonds is 5. The van der Waals surface area contributed by atoms with E-state index < -0.39 is 0 Å². The topological polar surface area (TPSA) is 29.9 Å². The Morgan fingerprint density at radius 3 is 3.00 bits per heavy atom. The van der Waals surface area contributed by atoms with Crippen molar-refractivity contribution < 1.29 is 0 Å². The van der Waals surface area contributed by atoms with Gasteiger partial charge in [-0.25, -0.2) is 4.98 Å². The molecule has 0 unspecified atom stereocenters. The van der Waals surface area contributed by atoms with Crippen LogP contribution in [0.25, 0.3) is 0 Å². The standard InChI is InChI=1S/C13H15ClIN3/c1-2-5-18-9-16-7-11(18)8-17-13-4-3-10(14)6-12(13)15/h3-4,6-7,9,17H,2,5,8H2,1H3. The van der Waals surface area contributed by atoms with Crippen molar-refractivity contribution in [2.45, 2.75) is 26.4 Å². The van der Waals surface area contributed by atoms with E-state index in [0.717, 1.165) is 33.8 Å². The predicted octanol–water partition coefficient (Wildman–Crippen LogP) is 4.16. The summed E-state index contributed by atoms with van der Waals surface area (Å²) in [5.41, 5.74) is 2.30. The van der Waals surface area contributed by atoms with Crippen molar-refractivity contribution in [3.63, 3.8) is 0 Å². The molecule has 0 bridgehead atoms. The van der Waals surface area contributed by atoms with Crippen molar-refractivity contribution >= 4 is 39.9 Å². The van der Waals surface area contributed by atoms with Crippen LogP contribution in [-0.2, 0) is 13.1 Å². The van der Waals surface area contributed by atoms with Crippen molar-refractivity contribution in [2.24, 2.45) is 0 Å². The number of halogens is 2. The lowest BCUT2D eigenvalue weighted by atomic mass is 10.3. The molecule has 0 aliphatic heterocycles. The van der Waals surface area contributed by atoms with Gasteiger partial charge in [-0.15, -0.1) is 0 Å². The maximum atomic E-state index is 5.94. The highest BCUT2D eigenvalue weighted by atomic mass is 127. The lowest BCUT2D eigenvalue weighted by Crippen LogP contribution is -2.07. The average molecular weight is 376 g/mol. The summed E-state index contributed by atoms with van der Waals surface area (Å²) in [5.74, 6) is 0. The Labute approximate surface area is 126 Å². The number of anilines is 1. The Hall–Kier alpha value is -0.750. The number of aromatic nitrogens is 2. The molecule has 1 aromatic heterocycles. The SMILES string of the molecule is CCCn1cncc1CNc1ccc(Cl)cc1I. The Kier molecular flexibility index (Phi) is 4.88. The normalized spacial score (nSPS) is 10.6. The van der Waals surface area contributed by atoms with Gasteiger partial charge in [-0.05, 0) is 47.2 Å². The summed E-state index contributed by atoms with van der Waals surface area (Å²) in [4.78, 5) is 4.19. The van der Waals surface area contributed by atoms with Crippen molar-refractivity contribution in [1.29, 1.82) is 0 Å². The fraction of sp³-hybridized carbons (Fsp3) is 0.308. The van der Waals surface area contributed by atoms with Crippen molar-refractivity contribution in [3.8, 4) is 0 Å². The van der Waals surface area contributed by atoms with E-state index in [0.29, 0.717) is 0 Å². The summed E-state index contributed by atoms with van der Waals surface area (Å²) in [6, 6.07) is 5.85. The number of benzene rings is 1. The predicted molar refractivity (Wildman–Crippen MR) is 84.0 cm³/mol. The van der Waals surface area contributed by atoms with Crippen LogP contribution in [-0.4, -0.2) is 9.55 Å². The molecule has 0 saturated carbocycles. The van der Waals surface area contributed by atoms with Gasteiger partial charge in [0.25, 0.3) is 0 Å². The lowest BCUT2D eigenvalue weighted by molar-refractivity contribution is 0.651. The first-order valence-electron chi connectivity index (χ1n) is 5.88. The van der Waals surface area contributed by atoms with Crippen LogP contribution >= 0.6 is 34.2 Å². The Bertz CT molecular complexity index is 525. The smallest absolute Gasteiger partial charge is 0.0948 e. The zero-order valence-corrected chi connectivity index (χ0v) is 13.1. The Balaban J connectivity index is 2.04. The summed E-state index contributed by atoms with van der Waals surface area (Å²) in [6.07, 6.45) is 4.90. The number of aryl methyl sites for hydroxylation is 1. The van der Waals surface area contributed by atoms with Crippen LogP contribution in [0.1, 0.15) is 19.0 Å². The van der Waals surface area contributed by atoms with Crippen LogP contribution < -0.4 is 5.32 Å². The van der Waals surface area contributed by atoms with Gasteiger partial charge in [0, 0.05) is 27.0 Å². The maximum Gasteiger partial charge on any atom is 0.0948 e. The van der Waals surface area contributed by atoms with Crippen molar-refractivity contribution in [3.05, 3.63) is 45.0 Å². The summed E-state index contributed by atoms with van der Waals surface area (Å²) in [5, 5.41) is 4.18. The van der Waals surface area contributed by atoms with E-state index in [1.54, 1.807) is 0 Å². The number of imidazole rings is 1. The number of hydrogen-bond donors (Lipinski definition) is 1. The molecule has 3 nitrogen and oxygen atoms in total. The molecule has 1 aromatic carbocycles. The minimum Gasteiger partial charge on any atom is -0.379 e. The third-order valence-corrected chi connectivity index (χ3v) is 3.78. The van der Waals surface area contributed by atoms with Crippen LogP contribution in [0.15, 0.2) is 30.7 Å². The zero-order chi connectivity index (χ0) is 13.0. The number of nitrogens with one attached hydrogen (secondary N) is 1. The molecule has 0 aliphatic carbocycles. The van der Waals surface area contributed by atoms with Gasteiger partial charge in [0.1, 0.15) is 0 Å². The first-order chi connectivity index (χ1) is 8.70. The second kappa shape index (κ2) is 6.43. The van der Waals surface area contributed by atoms with Crippen LogP contribution in [0.5, 0.6) is 0 Å². The van der Waals surface area contributed by atoms with E-state index in [4.69, 9.17) is 11.6 Å². The molecule has 96 valence electrons. The van der Waals surface area contributed by atoms with Crippen LogP contribution in [0, 0.1) is 3.57 Å². The Morgan fingerprint density at radius 2 is 2.28 bits per heavy atom. The van der Waals surface area contributed by atoms with Gasteiger partial charge in [0.15, 0.2) is 0 Å². The summed E-state index contributed by atoms with van der Waals surface area (Å²) >= 11 is 8.22. The van der Waals surface area contributed by atoms with Crippen LogP contribution in [0.2, 0.25) is 5.02 Å². The van der Waals surface area contributed by atoms with E-state index in [9.17, 15) is 0 Å². The molecule has 0 aliphatic rings. The fourth-order valence-corrected chi connectivity index (χ4v) is 2.82. The van der Waals surface area contributed by atoms with E-state index in [-0.39, 0.29) is 0 Å². The zero-order valence-electron chi connectivity index (χ0n) is 10.2. The molecule has 18 heavy (non-hydrogen) atoms. The minimum atomic E-state index is 0.765. The summed E-state index contributed by atoms with van der Waals surface area (Å²) < 4.78 is 3.30. The highest BCUT2D eigenvalue weighted by Gasteiger charge is 2.03. The first-order valence-corrected chi connectivity index (χ1v) is 7.34. The summed E-state index contributed by atoms with van der Waals surface area (Å²) in [6.45, 7) is 3.95. The van der Waals surface area contributed by atoms with Gasteiger partial charge in [-0.3, -0.25) is 0 Å². The lowest BCUT2D eigenvalue weighted by Gasteiger charge is -2.10. The van der Waals surface area contributed by atoms with Gasteiger partial charge in [0.05, 0.1) is 18.6 Å². The van der Waals surface area contributed by atoms with Crippen molar-refractivity contribution in [2.75, 3.05) is 5.32 Å². The largest absolute Gasteiger partial charge is 0.379 e. The van der Waals surface area contributed by atoms with Gasteiger partial charge >= 0.3 is 0 Å². The molecule has 2 rings (SSSR count). The Morgan fingerprint density at radius 1 is 1.44 bits per heavy atom. The fourth-order valence-electron chi connectivity index (χ4n) is 1.76.